The van der Waals surface area contributed by atoms with Gasteiger partial charge in [0.1, 0.15) is 0 Å². The first kappa shape index (κ1) is 14.2. The number of rotatable bonds is 2. The van der Waals surface area contributed by atoms with E-state index < -0.39 is 0 Å². The largest absolute Gasteiger partial charge is 0.404 e. The fourth-order valence-electron chi connectivity index (χ4n) is 2.03. The fraction of sp³-hybridized carbons (Fsp3) is 0.769. The van der Waals surface area contributed by atoms with Crippen LogP contribution in [0.15, 0.2) is 16.8 Å². The summed E-state index contributed by atoms with van der Waals surface area (Å²) in [4.78, 5) is 4.03. The SMILES string of the molecule is CC.CN=C/C(=C\N)C1CCC(C)CC1. The van der Waals surface area contributed by atoms with Gasteiger partial charge in [-0.3, -0.25) is 4.99 Å². The van der Waals surface area contributed by atoms with E-state index in [2.05, 4.69) is 11.9 Å². The molecule has 0 spiro atoms. The molecule has 0 heterocycles. The van der Waals surface area contributed by atoms with Crippen LogP contribution in [0, 0.1) is 11.8 Å². The predicted octanol–water partition coefficient (Wildman–Crippen LogP) is 3.38. The zero-order valence-corrected chi connectivity index (χ0v) is 10.7. The average molecular weight is 210 g/mol. The number of allylic oxidation sites excluding steroid dienone is 1. The topological polar surface area (TPSA) is 38.4 Å². The third-order valence-electron chi connectivity index (χ3n) is 2.96. The van der Waals surface area contributed by atoms with Crippen LogP contribution in [0.25, 0.3) is 0 Å². The molecule has 2 heteroatoms. The molecule has 0 radical (unpaired) electrons. The quantitative estimate of drug-likeness (QED) is 0.697. The van der Waals surface area contributed by atoms with Gasteiger partial charge >= 0.3 is 0 Å². The Kier molecular flexibility index (Phi) is 8.06. The summed E-state index contributed by atoms with van der Waals surface area (Å²) in [6.07, 6.45) is 8.83. The number of hydrogen-bond acceptors (Lipinski definition) is 2. The summed E-state index contributed by atoms with van der Waals surface area (Å²) < 4.78 is 0. The van der Waals surface area contributed by atoms with Crippen LogP contribution in [0.5, 0.6) is 0 Å². The zero-order valence-electron chi connectivity index (χ0n) is 10.7. The second-order valence-corrected chi connectivity index (χ2v) is 4.01. The maximum absolute atomic E-state index is 5.57. The minimum Gasteiger partial charge on any atom is -0.404 e. The third kappa shape index (κ3) is 5.01. The van der Waals surface area contributed by atoms with Gasteiger partial charge in [-0.15, -0.1) is 0 Å². The maximum Gasteiger partial charge on any atom is 0.0277 e. The van der Waals surface area contributed by atoms with E-state index in [1.54, 1.807) is 13.2 Å². The van der Waals surface area contributed by atoms with Gasteiger partial charge in [-0.2, -0.15) is 0 Å². The van der Waals surface area contributed by atoms with Crippen LogP contribution < -0.4 is 5.73 Å². The summed E-state index contributed by atoms with van der Waals surface area (Å²) in [5.41, 5.74) is 6.79. The second-order valence-electron chi connectivity index (χ2n) is 4.01. The smallest absolute Gasteiger partial charge is 0.0277 e. The van der Waals surface area contributed by atoms with Gasteiger partial charge in [0.05, 0.1) is 0 Å². The van der Waals surface area contributed by atoms with Gasteiger partial charge in [0, 0.05) is 13.3 Å². The maximum atomic E-state index is 5.57. The van der Waals surface area contributed by atoms with Crippen LogP contribution in [-0.4, -0.2) is 13.3 Å². The van der Waals surface area contributed by atoms with Crippen LogP contribution in [-0.2, 0) is 0 Å². The van der Waals surface area contributed by atoms with Crippen molar-refractivity contribution in [3.63, 3.8) is 0 Å². The first-order valence-corrected chi connectivity index (χ1v) is 6.12. The van der Waals surface area contributed by atoms with Gasteiger partial charge < -0.3 is 5.73 Å². The van der Waals surface area contributed by atoms with Crippen molar-refractivity contribution >= 4 is 6.21 Å². The highest BCUT2D eigenvalue weighted by Crippen LogP contribution is 2.31. The van der Waals surface area contributed by atoms with Crippen molar-refractivity contribution in [1.29, 1.82) is 0 Å². The predicted molar refractivity (Wildman–Crippen MR) is 69.2 cm³/mol. The van der Waals surface area contributed by atoms with Crippen molar-refractivity contribution in [2.45, 2.75) is 46.5 Å². The lowest BCUT2D eigenvalue weighted by atomic mass is 9.80. The lowest BCUT2D eigenvalue weighted by molar-refractivity contribution is 0.325. The molecule has 0 saturated heterocycles. The fourth-order valence-corrected chi connectivity index (χ4v) is 2.03. The second kappa shape index (κ2) is 8.51. The molecule has 0 atom stereocenters. The van der Waals surface area contributed by atoms with Crippen LogP contribution in [0.2, 0.25) is 0 Å². The molecule has 2 nitrogen and oxygen atoms in total. The van der Waals surface area contributed by atoms with Crippen molar-refractivity contribution in [3.8, 4) is 0 Å². The highest BCUT2D eigenvalue weighted by Gasteiger charge is 2.20. The Morgan fingerprint density at radius 1 is 1.20 bits per heavy atom. The summed E-state index contributed by atoms with van der Waals surface area (Å²) in [5.74, 6) is 1.55. The molecule has 2 N–H and O–H groups in total. The van der Waals surface area contributed by atoms with E-state index in [0.29, 0.717) is 5.92 Å². The summed E-state index contributed by atoms with van der Waals surface area (Å²) in [5, 5.41) is 0. The summed E-state index contributed by atoms with van der Waals surface area (Å²) in [6, 6.07) is 0. The zero-order chi connectivity index (χ0) is 11.7. The first-order chi connectivity index (χ1) is 7.27. The van der Waals surface area contributed by atoms with Gasteiger partial charge in [-0.25, -0.2) is 0 Å². The molecule has 0 aromatic heterocycles. The van der Waals surface area contributed by atoms with Crippen LogP contribution in [0.4, 0.5) is 0 Å². The Bertz CT molecular complexity index is 199. The van der Waals surface area contributed by atoms with Crippen molar-refractivity contribution in [1.82, 2.24) is 0 Å². The van der Waals surface area contributed by atoms with E-state index in [4.69, 9.17) is 5.73 Å². The Labute approximate surface area is 94.7 Å². The standard InChI is InChI=1S/C11H20N2.C2H6/c1-9-3-5-10(6-4-9)11(7-12)8-13-2;1-2/h7-10H,3-6,12H2,1-2H3;1-2H3/b11-7+,13-8?;. The lowest BCUT2D eigenvalue weighted by Gasteiger charge is -2.26. The molecule has 0 unspecified atom stereocenters. The average Bonchev–Trinajstić information content (AvgIpc) is 2.30. The van der Waals surface area contributed by atoms with E-state index in [1.165, 1.54) is 31.3 Å². The van der Waals surface area contributed by atoms with Gasteiger partial charge in [0.25, 0.3) is 0 Å². The Balaban J connectivity index is 0.000000921. The third-order valence-corrected chi connectivity index (χ3v) is 2.96. The van der Waals surface area contributed by atoms with E-state index in [9.17, 15) is 0 Å². The molecule has 1 saturated carbocycles. The number of hydrogen-bond donors (Lipinski definition) is 1. The molecule has 0 aromatic carbocycles. The molecule has 0 aromatic rings. The Morgan fingerprint density at radius 3 is 2.13 bits per heavy atom. The van der Waals surface area contributed by atoms with E-state index in [1.807, 2.05) is 20.1 Å². The molecule has 0 amide bonds. The van der Waals surface area contributed by atoms with Crippen molar-refractivity contribution in [3.05, 3.63) is 11.8 Å². The van der Waals surface area contributed by atoms with Gasteiger partial charge in [-0.05, 0) is 36.5 Å². The van der Waals surface area contributed by atoms with Crippen molar-refractivity contribution < 1.29 is 0 Å². The number of aliphatic imine (C=N–C) groups is 1. The summed E-state index contributed by atoms with van der Waals surface area (Å²) in [6.45, 7) is 6.33. The summed E-state index contributed by atoms with van der Waals surface area (Å²) >= 11 is 0. The molecular weight excluding hydrogens is 184 g/mol. The van der Waals surface area contributed by atoms with Crippen LogP contribution in [0.3, 0.4) is 0 Å². The van der Waals surface area contributed by atoms with Crippen molar-refractivity contribution in [2.75, 3.05) is 7.05 Å². The Morgan fingerprint density at radius 2 is 1.73 bits per heavy atom. The van der Waals surface area contributed by atoms with E-state index in [-0.39, 0.29) is 0 Å². The van der Waals surface area contributed by atoms with Gasteiger partial charge in [0.15, 0.2) is 0 Å². The highest BCUT2D eigenvalue weighted by molar-refractivity contribution is 5.78. The van der Waals surface area contributed by atoms with E-state index in [0.717, 1.165) is 5.92 Å². The molecular formula is C13H26N2. The van der Waals surface area contributed by atoms with Gasteiger partial charge in [-0.1, -0.05) is 33.6 Å². The monoisotopic (exact) mass is 210 g/mol. The molecule has 1 rings (SSSR count). The molecule has 1 aliphatic carbocycles. The highest BCUT2D eigenvalue weighted by atomic mass is 14.6. The lowest BCUT2D eigenvalue weighted by Crippen LogP contribution is -2.15. The molecule has 88 valence electrons. The van der Waals surface area contributed by atoms with Gasteiger partial charge in [0.2, 0.25) is 0 Å². The normalized spacial score (nSPS) is 27.3. The molecule has 15 heavy (non-hydrogen) atoms. The van der Waals surface area contributed by atoms with Crippen LogP contribution in [0.1, 0.15) is 46.5 Å². The van der Waals surface area contributed by atoms with Crippen molar-refractivity contribution in [2.24, 2.45) is 22.6 Å². The molecule has 0 bridgehead atoms. The minimum absolute atomic E-state index is 0.657. The molecule has 1 aliphatic rings. The Hall–Kier alpha value is -0.790. The molecule has 1 fully saturated rings. The first-order valence-electron chi connectivity index (χ1n) is 6.12. The van der Waals surface area contributed by atoms with E-state index >= 15 is 0 Å². The number of nitrogens with zero attached hydrogens (tertiary/aromatic N) is 1. The minimum atomic E-state index is 0.657. The summed E-state index contributed by atoms with van der Waals surface area (Å²) in [7, 11) is 1.80. The van der Waals surface area contributed by atoms with Crippen LogP contribution >= 0.6 is 0 Å². The number of nitrogens with two attached hydrogens (primary N) is 1. The molecule has 0 aliphatic heterocycles.